The van der Waals surface area contributed by atoms with Crippen molar-refractivity contribution in [2.75, 3.05) is 0 Å². The predicted octanol–water partition coefficient (Wildman–Crippen LogP) is 2.56. The Morgan fingerprint density at radius 2 is 1.62 bits per heavy atom. The highest BCUT2D eigenvalue weighted by molar-refractivity contribution is 4.88. The van der Waals surface area contributed by atoms with Crippen molar-refractivity contribution >= 4 is 0 Å². The van der Waals surface area contributed by atoms with Gasteiger partial charge in [-0.2, -0.15) is 0 Å². The third-order valence-corrected chi connectivity index (χ3v) is 0.761. The molecule has 1 heteroatoms. The monoisotopic (exact) mass is 116 g/mol. The first-order valence-electron chi connectivity index (χ1n) is 2.95. The number of rotatable bonds is 2. The van der Waals surface area contributed by atoms with Gasteiger partial charge in [0.15, 0.2) is 0 Å². The molecule has 48 valence electrons. The second-order valence-corrected chi connectivity index (χ2v) is 2.31. The summed E-state index contributed by atoms with van der Waals surface area (Å²) < 4.78 is 12.0. The summed E-state index contributed by atoms with van der Waals surface area (Å²) in [5.41, 5.74) is 0. The summed E-state index contributed by atoms with van der Waals surface area (Å²) in [4.78, 5) is 0. The summed E-state index contributed by atoms with van der Waals surface area (Å²) in [5, 5.41) is 0. The predicted molar refractivity (Wildman–Crippen MR) is 34.5 cm³/mol. The number of alkyl halides is 1. The van der Waals surface area contributed by atoms with Crippen LogP contribution in [0.2, 0.25) is 0 Å². The van der Waals surface area contributed by atoms with Crippen LogP contribution in [0.4, 0.5) is 4.39 Å². The SMILES string of the molecule is CC(C)C=CC(C)F. The molecule has 0 saturated heterocycles. The Kier molecular flexibility index (Phi) is 3.49. The number of allylic oxidation sites excluding steroid dienone is 2. The molecular weight excluding hydrogens is 103 g/mol. The lowest BCUT2D eigenvalue weighted by Gasteiger charge is -1.93. The molecule has 0 aliphatic rings. The van der Waals surface area contributed by atoms with Crippen LogP contribution in [0.25, 0.3) is 0 Å². The van der Waals surface area contributed by atoms with Crippen LogP contribution in [-0.2, 0) is 0 Å². The van der Waals surface area contributed by atoms with Gasteiger partial charge >= 0.3 is 0 Å². The Hall–Kier alpha value is -0.330. The molecule has 1 unspecified atom stereocenters. The van der Waals surface area contributed by atoms with E-state index in [1.807, 2.05) is 19.9 Å². The Balaban J connectivity index is 3.34. The molecule has 0 saturated carbocycles. The zero-order valence-electron chi connectivity index (χ0n) is 5.69. The molecule has 0 aromatic rings. The summed E-state index contributed by atoms with van der Waals surface area (Å²) >= 11 is 0. The maximum Gasteiger partial charge on any atom is 0.115 e. The molecule has 0 heterocycles. The van der Waals surface area contributed by atoms with Crippen LogP contribution in [-0.4, -0.2) is 6.17 Å². The van der Waals surface area contributed by atoms with Crippen LogP contribution in [0.1, 0.15) is 20.8 Å². The van der Waals surface area contributed by atoms with E-state index in [1.54, 1.807) is 6.08 Å². The molecule has 0 N–H and O–H groups in total. The van der Waals surface area contributed by atoms with Crippen molar-refractivity contribution in [3.8, 4) is 0 Å². The van der Waals surface area contributed by atoms with Crippen molar-refractivity contribution in [3.05, 3.63) is 12.2 Å². The van der Waals surface area contributed by atoms with Gasteiger partial charge in [-0.1, -0.05) is 26.0 Å². The van der Waals surface area contributed by atoms with E-state index in [-0.39, 0.29) is 0 Å². The van der Waals surface area contributed by atoms with Crippen LogP contribution < -0.4 is 0 Å². The first kappa shape index (κ1) is 7.67. The lowest BCUT2D eigenvalue weighted by atomic mass is 10.2. The van der Waals surface area contributed by atoms with Crippen molar-refractivity contribution < 1.29 is 4.39 Å². The molecule has 0 aromatic carbocycles. The van der Waals surface area contributed by atoms with Gasteiger partial charge in [0.25, 0.3) is 0 Å². The van der Waals surface area contributed by atoms with E-state index in [9.17, 15) is 4.39 Å². The second kappa shape index (κ2) is 3.65. The molecule has 0 aliphatic carbocycles. The van der Waals surface area contributed by atoms with E-state index < -0.39 is 6.17 Å². The van der Waals surface area contributed by atoms with Crippen molar-refractivity contribution in [2.45, 2.75) is 26.9 Å². The topological polar surface area (TPSA) is 0 Å². The minimum atomic E-state index is -0.794. The molecule has 0 spiro atoms. The van der Waals surface area contributed by atoms with Gasteiger partial charge in [-0.05, 0) is 12.8 Å². The molecule has 0 aliphatic heterocycles. The fourth-order valence-corrected chi connectivity index (χ4v) is 0.375. The largest absolute Gasteiger partial charge is 0.243 e. The van der Waals surface area contributed by atoms with Gasteiger partial charge in [-0.3, -0.25) is 0 Å². The molecule has 0 rings (SSSR count). The molecule has 0 fully saturated rings. The molecule has 0 bridgehead atoms. The average molecular weight is 116 g/mol. The molecule has 1 atom stereocenters. The van der Waals surface area contributed by atoms with E-state index in [1.165, 1.54) is 6.92 Å². The Labute approximate surface area is 50.4 Å². The summed E-state index contributed by atoms with van der Waals surface area (Å²) in [6.45, 7) is 5.58. The second-order valence-electron chi connectivity index (χ2n) is 2.31. The summed E-state index contributed by atoms with van der Waals surface area (Å²) in [5.74, 6) is 0.466. The highest BCUT2D eigenvalue weighted by Gasteiger charge is 1.88. The van der Waals surface area contributed by atoms with Gasteiger partial charge < -0.3 is 0 Å². The third-order valence-electron chi connectivity index (χ3n) is 0.761. The summed E-state index contributed by atoms with van der Waals surface area (Å²) in [7, 11) is 0. The smallest absolute Gasteiger partial charge is 0.115 e. The minimum absolute atomic E-state index is 0.466. The van der Waals surface area contributed by atoms with E-state index in [0.29, 0.717) is 5.92 Å². The fraction of sp³-hybridized carbons (Fsp3) is 0.714. The average Bonchev–Trinajstić information content (AvgIpc) is 1.61. The zero-order chi connectivity index (χ0) is 6.57. The van der Waals surface area contributed by atoms with Gasteiger partial charge in [-0.25, -0.2) is 4.39 Å². The highest BCUT2D eigenvalue weighted by atomic mass is 19.1. The van der Waals surface area contributed by atoms with Gasteiger partial charge in [-0.15, -0.1) is 0 Å². The maximum atomic E-state index is 12.0. The molecule has 0 aromatic heterocycles. The molecule has 8 heavy (non-hydrogen) atoms. The number of halogens is 1. The van der Waals surface area contributed by atoms with Crippen molar-refractivity contribution in [3.63, 3.8) is 0 Å². The standard InChI is InChI=1S/C7H13F/c1-6(2)4-5-7(3)8/h4-7H,1-3H3. The summed E-state index contributed by atoms with van der Waals surface area (Å²) in [6.07, 6.45) is 2.65. The minimum Gasteiger partial charge on any atom is -0.243 e. The molecule has 0 nitrogen and oxygen atoms in total. The van der Waals surface area contributed by atoms with Gasteiger partial charge in [0.2, 0.25) is 0 Å². The molecule has 0 amide bonds. The van der Waals surface area contributed by atoms with Gasteiger partial charge in [0.05, 0.1) is 0 Å². The van der Waals surface area contributed by atoms with Crippen LogP contribution in [0.3, 0.4) is 0 Å². The number of hydrogen-bond acceptors (Lipinski definition) is 0. The maximum absolute atomic E-state index is 12.0. The Morgan fingerprint density at radius 1 is 1.12 bits per heavy atom. The fourth-order valence-electron chi connectivity index (χ4n) is 0.375. The van der Waals surface area contributed by atoms with Crippen LogP contribution in [0, 0.1) is 5.92 Å². The lowest BCUT2D eigenvalue weighted by Crippen LogP contribution is -1.85. The van der Waals surface area contributed by atoms with E-state index in [0.717, 1.165) is 0 Å². The highest BCUT2D eigenvalue weighted by Crippen LogP contribution is 1.97. The quantitative estimate of drug-likeness (QED) is 0.486. The van der Waals surface area contributed by atoms with Crippen molar-refractivity contribution in [2.24, 2.45) is 5.92 Å². The zero-order valence-corrected chi connectivity index (χ0v) is 5.69. The van der Waals surface area contributed by atoms with E-state index >= 15 is 0 Å². The van der Waals surface area contributed by atoms with Crippen molar-refractivity contribution in [1.82, 2.24) is 0 Å². The number of hydrogen-bond donors (Lipinski definition) is 0. The van der Waals surface area contributed by atoms with E-state index in [4.69, 9.17) is 0 Å². The van der Waals surface area contributed by atoms with Crippen LogP contribution in [0.15, 0.2) is 12.2 Å². The Bertz CT molecular complexity index is 62.5. The van der Waals surface area contributed by atoms with Crippen molar-refractivity contribution in [1.29, 1.82) is 0 Å². The first-order valence-corrected chi connectivity index (χ1v) is 2.95. The first-order chi connectivity index (χ1) is 3.63. The van der Waals surface area contributed by atoms with E-state index in [2.05, 4.69) is 0 Å². The van der Waals surface area contributed by atoms with Crippen LogP contribution in [0.5, 0.6) is 0 Å². The van der Waals surface area contributed by atoms with Crippen LogP contribution >= 0.6 is 0 Å². The van der Waals surface area contributed by atoms with Gasteiger partial charge in [0, 0.05) is 0 Å². The summed E-state index contributed by atoms with van der Waals surface area (Å²) in [6, 6.07) is 0. The van der Waals surface area contributed by atoms with Gasteiger partial charge in [0.1, 0.15) is 6.17 Å². The molecular formula is C7H13F. The Morgan fingerprint density at radius 3 is 1.75 bits per heavy atom. The lowest BCUT2D eigenvalue weighted by molar-refractivity contribution is 0.429. The molecule has 0 radical (unpaired) electrons. The normalized spacial score (nSPS) is 15.6. The third kappa shape index (κ3) is 5.67.